The van der Waals surface area contributed by atoms with Crippen LogP contribution in [0.3, 0.4) is 0 Å². The van der Waals surface area contributed by atoms with Crippen LogP contribution in [0.5, 0.6) is 5.75 Å². The molecule has 0 aromatic heterocycles. The van der Waals surface area contributed by atoms with E-state index in [0.29, 0.717) is 22.6 Å². The van der Waals surface area contributed by atoms with E-state index in [1.165, 1.54) is 12.1 Å². The lowest BCUT2D eigenvalue weighted by molar-refractivity contribution is 0.0620. The Morgan fingerprint density at radius 1 is 1.16 bits per heavy atom. The maximum atomic E-state index is 12.5. The maximum Gasteiger partial charge on any atom is 0.255 e. The topological polar surface area (TPSA) is 98.5 Å². The average molecular weight is 338 g/mol. The summed E-state index contributed by atoms with van der Waals surface area (Å²) in [6.07, 6.45) is 0.246. The van der Waals surface area contributed by atoms with Gasteiger partial charge in [-0.25, -0.2) is 0 Å². The zero-order chi connectivity index (χ0) is 18.2. The van der Waals surface area contributed by atoms with Gasteiger partial charge in [0, 0.05) is 5.56 Å². The van der Waals surface area contributed by atoms with Gasteiger partial charge in [-0.3, -0.25) is 14.4 Å². The highest BCUT2D eigenvalue weighted by molar-refractivity contribution is 6.10. The Morgan fingerprint density at radius 3 is 2.60 bits per heavy atom. The van der Waals surface area contributed by atoms with Crippen LogP contribution in [0.1, 0.15) is 51.3 Å². The lowest BCUT2D eigenvalue weighted by atomic mass is 9.92. The van der Waals surface area contributed by atoms with Crippen LogP contribution in [0.25, 0.3) is 0 Å². The van der Waals surface area contributed by atoms with E-state index in [1.807, 2.05) is 13.8 Å². The minimum Gasteiger partial charge on any atom is -0.487 e. The third-order valence-electron chi connectivity index (χ3n) is 3.96. The number of rotatable bonds is 3. The van der Waals surface area contributed by atoms with Gasteiger partial charge in [-0.05, 0) is 44.2 Å². The first-order chi connectivity index (χ1) is 11.8. The first-order valence-corrected chi connectivity index (χ1v) is 7.83. The number of nitrogens with one attached hydrogen (secondary N) is 1. The van der Waals surface area contributed by atoms with E-state index in [9.17, 15) is 14.4 Å². The maximum absolute atomic E-state index is 12.5. The summed E-state index contributed by atoms with van der Waals surface area (Å²) in [5.74, 6) is -0.671. The average Bonchev–Trinajstić information content (AvgIpc) is 2.53. The fraction of sp³-hybridized carbons (Fsp3) is 0.211. The first kappa shape index (κ1) is 16.7. The van der Waals surface area contributed by atoms with Gasteiger partial charge in [-0.1, -0.05) is 12.1 Å². The summed E-state index contributed by atoms with van der Waals surface area (Å²) in [5, 5.41) is 2.65. The molecule has 0 aliphatic carbocycles. The lowest BCUT2D eigenvalue weighted by Crippen LogP contribution is -2.36. The number of nitrogens with two attached hydrogens (primary N) is 1. The number of Topliss-reactive ketones (excluding diaryl/α,β-unsaturated/α-hetero) is 1. The number of primary amides is 1. The summed E-state index contributed by atoms with van der Waals surface area (Å²) >= 11 is 0. The van der Waals surface area contributed by atoms with Crippen LogP contribution < -0.4 is 15.8 Å². The summed E-state index contributed by atoms with van der Waals surface area (Å²) in [4.78, 5) is 36.2. The lowest BCUT2D eigenvalue weighted by Gasteiger charge is -2.31. The second-order valence-corrected chi connectivity index (χ2v) is 6.54. The molecule has 3 N–H and O–H groups in total. The third kappa shape index (κ3) is 3.38. The number of hydrogen-bond acceptors (Lipinski definition) is 4. The number of benzene rings is 2. The van der Waals surface area contributed by atoms with E-state index in [2.05, 4.69) is 5.32 Å². The third-order valence-corrected chi connectivity index (χ3v) is 3.96. The molecule has 0 fully saturated rings. The van der Waals surface area contributed by atoms with Crippen molar-refractivity contribution in [3.63, 3.8) is 0 Å². The van der Waals surface area contributed by atoms with Gasteiger partial charge in [-0.2, -0.15) is 0 Å². The minimum atomic E-state index is -0.632. The van der Waals surface area contributed by atoms with E-state index < -0.39 is 17.4 Å². The van der Waals surface area contributed by atoms with Crippen molar-refractivity contribution in [2.45, 2.75) is 25.9 Å². The molecule has 0 unspecified atom stereocenters. The van der Waals surface area contributed by atoms with Crippen molar-refractivity contribution < 1.29 is 19.1 Å². The van der Waals surface area contributed by atoms with Gasteiger partial charge in [0.15, 0.2) is 5.78 Å². The van der Waals surface area contributed by atoms with Gasteiger partial charge in [0.2, 0.25) is 0 Å². The number of hydrogen-bond donors (Lipinski definition) is 2. The van der Waals surface area contributed by atoms with E-state index >= 15 is 0 Å². The zero-order valence-electron chi connectivity index (χ0n) is 14.0. The largest absolute Gasteiger partial charge is 0.487 e. The molecule has 0 bridgehead atoms. The first-order valence-electron chi connectivity index (χ1n) is 7.83. The number of carbonyl (C=O) groups excluding carboxylic acids is 3. The molecule has 0 atom stereocenters. The molecule has 0 radical (unpaired) electrons. The number of ketones is 1. The zero-order valence-corrected chi connectivity index (χ0v) is 14.0. The highest BCUT2D eigenvalue weighted by atomic mass is 16.5. The second-order valence-electron chi connectivity index (χ2n) is 6.54. The summed E-state index contributed by atoms with van der Waals surface area (Å²) in [6.45, 7) is 3.68. The Morgan fingerprint density at radius 2 is 1.88 bits per heavy atom. The van der Waals surface area contributed by atoms with Crippen LogP contribution >= 0.6 is 0 Å². The molecular weight excluding hydrogens is 320 g/mol. The van der Waals surface area contributed by atoms with Gasteiger partial charge in [-0.15, -0.1) is 0 Å². The Balaban J connectivity index is 1.89. The number of carbonyl (C=O) groups is 3. The van der Waals surface area contributed by atoms with Crippen molar-refractivity contribution in [1.29, 1.82) is 0 Å². The summed E-state index contributed by atoms with van der Waals surface area (Å²) in [7, 11) is 0. The molecule has 1 heterocycles. The summed E-state index contributed by atoms with van der Waals surface area (Å²) < 4.78 is 5.78. The van der Waals surface area contributed by atoms with Crippen molar-refractivity contribution in [2.75, 3.05) is 5.32 Å². The Labute approximate surface area is 145 Å². The molecule has 2 aromatic rings. The molecule has 2 aromatic carbocycles. The van der Waals surface area contributed by atoms with Crippen LogP contribution in [0.2, 0.25) is 0 Å². The van der Waals surface area contributed by atoms with Crippen LogP contribution in [0, 0.1) is 0 Å². The molecule has 0 saturated carbocycles. The number of amides is 2. The van der Waals surface area contributed by atoms with Crippen LogP contribution in [-0.4, -0.2) is 23.2 Å². The standard InChI is InChI=1S/C19H18N2O4/c1-19(2)10-15(22)13-9-11(7-8-16(13)25-19)18(24)21-14-6-4-3-5-12(14)17(20)23/h3-9H,10H2,1-2H3,(H2,20,23)(H,21,24). The molecule has 1 aliphatic rings. The van der Waals surface area contributed by atoms with Gasteiger partial charge in [0.05, 0.1) is 23.2 Å². The Bertz CT molecular complexity index is 887. The number of para-hydroxylation sites is 1. The summed E-state index contributed by atoms with van der Waals surface area (Å²) in [6, 6.07) is 11.2. The monoisotopic (exact) mass is 338 g/mol. The van der Waals surface area contributed by atoms with Crippen molar-refractivity contribution in [3.05, 3.63) is 59.2 Å². The van der Waals surface area contributed by atoms with Crippen molar-refractivity contribution >= 4 is 23.3 Å². The van der Waals surface area contributed by atoms with E-state index in [4.69, 9.17) is 10.5 Å². The highest BCUT2D eigenvalue weighted by Crippen LogP contribution is 2.33. The SMILES string of the molecule is CC1(C)CC(=O)c2cc(C(=O)Nc3ccccc3C(N)=O)ccc2O1. The van der Waals surface area contributed by atoms with Crippen molar-refractivity contribution in [1.82, 2.24) is 0 Å². The minimum absolute atomic E-state index is 0.0709. The van der Waals surface area contributed by atoms with E-state index in [0.717, 1.165) is 0 Å². The van der Waals surface area contributed by atoms with Crippen LogP contribution in [0.4, 0.5) is 5.69 Å². The fourth-order valence-corrected chi connectivity index (χ4v) is 2.80. The molecule has 128 valence electrons. The fourth-order valence-electron chi connectivity index (χ4n) is 2.80. The molecule has 1 aliphatic heterocycles. The molecule has 0 saturated heterocycles. The molecule has 6 heteroatoms. The van der Waals surface area contributed by atoms with Crippen LogP contribution in [0.15, 0.2) is 42.5 Å². The predicted octanol–water partition coefficient (Wildman–Crippen LogP) is 2.78. The van der Waals surface area contributed by atoms with Gasteiger partial charge < -0.3 is 15.8 Å². The molecule has 6 nitrogen and oxygen atoms in total. The second kappa shape index (κ2) is 6.05. The van der Waals surface area contributed by atoms with E-state index in [1.54, 1.807) is 30.3 Å². The molecular formula is C19H18N2O4. The van der Waals surface area contributed by atoms with Crippen molar-refractivity contribution in [3.8, 4) is 5.75 Å². The Hall–Kier alpha value is -3.15. The van der Waals surface area contributed by atoms with Gasteiger partial charge >= 0.3 is 0 Å². The summed E-state index contributed by atoms with van der Waals surface area (Å²) in [5.41, 5.74) is 5.97. The number of anilines is 1. The Kier molecular flexibility index (Phi) is 4.04. The highest BCUT2D eigenvalue weighted by Gasteiger charge is 2.32. The smallest absolute Gasteiger partial charge is 0.255 e. The molecule has 0 spiro atoms. The van der Waals surface area contributed by atoms with Gasteiger partial charge in [0.1, 0.15) is 11.4 Å². The quantitative estimate of drug-likeness (QED) is 0.899. The number of fused-ring (bicyclic) bond motifs is 1. The number of ether oxygens (including phenoxy) is 1. The van der Waals surface area contributed by atoms with Gasteiger partial charge in [0.25, 0.3) is 11.8 Å². The molecule has 2 amide bonds. The van der Waals surface area contributed by atoms with Crippen molar-refractivity contribution in [2.24, 2.45) is 5.73 Å². The molecule has 3 rings (SSSR count). The normalized spacial score (nSPS) is 15.0. The predicted molar refractivity (Wildman–Crippen MR) is 93.0 cm³/mol. The van der Waals surface area contributed by atoms with E-state index in [-0.39, 0.29) is 17.8 Å². The van der Waals surface area contributed by atoms with Crippen LogP contribution in [-0.2, 0) is 0 Å². The molecule has 25 heavy (non-hydrogen) atoms.